The van der Waals surface area contributed by atoms with Gasteiger partial charge in [-0.1, -0.05) is 19.9 Å². The number of hydrogen-bond donors (Lipinski definition) is 3. The van der Waals surface area contributed by atoms with Crippen LogP contribution in [0, 0.1) is 5.41 Å². The Hall–Kier alpha value is -1.55. The molecule has 0 radical (unpaired) electrons. The Morgan fingerprint density at radius 2 is 1.88 bits per heavy atom. The summed E-state index contributed by atoms with van der Waals surface area (Å²) in [5.41, 5.74) is 0.0567. The summed E-state index contributed by atoms with van der Waals surface area (Å²) in [6, 6.07) is 4.50. The highest BCUT2D eigenvalue weighted by molar-refractivity contribution is 5.84. The normalized spacial score (nSPS) is 11.5. The minimum atomic E-state index is -0.723. The van der Waals surface area contributed by atoms with Gasteiger partial charge in [0.1, 0.15) is 5.78 Å². The summed E-state index contributed by atoms with van der Waals surface area (Å²) in [6.07, 6.45) is 0.786. The molecule has 0 aromatic heterocycles. The lowest BCUT2D eigenvalue weighted by molar-refractivity contribution is -0.128. The lowest BCUT2D eigenvalue weighted by Gasteiger charge is -2.19. The average Bonchev–Trinajstić information content (AvgIpc) is 2.30. The van der Waals surface area contributed by atoms with Gasteiger partial charge >= 0.3 is 0 Å². The number of phenolic OH excluding ortho intramolecular Hbond substituents is 2. The van der Waals surface area contributed by atoms with Crippen LogP contribution in [-0.4, -0.2) is 27.7 Å². The van der Waals surface area contributed by atoms with Crippen LogP contribution in [0.15, 0.2) is 18.2 Å². The summed E-state index contributed by atoms with van der Waals surface area (Å²) in [4.78, 5) is 11.7. The molecule has 0 unspecified atom stereocenters. The van der Waals surface area contributed by atoms with E-state index in [1.165, 1.54) is 12.1 Å². The molecule has 0 saturated heterocycles. The molecular weight excluding hydrogens is 220 g/mol. The molecule has 4 heteroatoms. The summed E-state index contributed by atoms with van der Waals surface area (Å²) in [5, 5.41) is 27.5. The highest BCUT2D eigenvalue weighted by Gasteiger charge is 2.25. The minimum Gasteiger partial charge on any atom is -0.504 e. The van der Waals surface area contributed by atoms with E-state index in [1.54, 1.807) is 19.9 Å². The molecule has 1 aromatic carbocycles. The van der Waals surface area contributed by atoms with E-state index in [0.717, 1.165) is 5.56 Å². The number of carbonyl (C=O) groups is 1. The first-order valence-corrected chi connectivity index (χ1v) is 5.52. The number of Topliss-reactive ketones (excluding diaryl/α,β-unsaturated/α-hetero) is 1. The van der Waals surface area contributed by atoms with Crippen molar-refractivity contribution in [1.29, 1.82) is 0 Å². The smallest absolute Gasteiger partial charge is 0.157 e. The second-order valence-corrected chi connectivity index (χ2v) is 4.79. The van der Waals surface area contributed by atoms with Crippen LogP contribution in [0.3, 0.4) is 0 Å². The van der Waals surface area contributed by atoms with E-state index >= 15 is 0 Å². The first kappa shape index (κ1) is 13.5. The number of aryl methyl sites for hydroxylation is 1. The maximum Gasteiger partial charge on any atom is 0.157 e. The zero-order valence-corrected chi connectivity index (χ0v) is 10.1. The molecule has 4 nitrogen and oxygen atoms in total. The number of rotatable bonds is 5. The second kappa shape index (κ2) is 5.19. The Kier molecular flexibility index (Phi) is 4.12. The summed E-state index contributed by atoms with van der Waals surface area (Å²) in [7, 11) is 0. The standard InChI is InChI=1S/C13H18O4/c1-13(2,8-14)12(17)6-4-9-3-5-10(15)11(16)7-9/h3,5,7,14-16H,4,6,8H2,1-2H3. The van der Waals surface area contributed by atoms with Crippen molar-refractivity contribution < 1.29 is 20.1 Å². The molecule has 17 heavy (non-hydrogen) atoms. The van der Waals surface area contributed by atoms with Gasteiger partial charge in [-0.3, -0.25) is 4.79 Å². The molecule has 0 aliphatic rings. The maximum absolute atomic E-state index is 11.7. The largest absolute Gasteiger partial charge is 0.504 e. The topological polar surface area (TPSA) is 77.8 Å². The van der Waals surface area contributed by atoms with Crippen LogP contribution < -0.4 is 0 Å². The van der Waals surface area contributed by atoms with Gasteiger partial charge < -0.3 is 15.3 Å². The summed E-state index contributed by atoms with van der Waals surface area (Å²) < 4.78 is 0. The zero-order chi connectivity index (χ0) is 13.1. The van der Waals surface area contributed by atoms with E-state index in [2.05, 4.69) is 0 Å². The van der Waals surface area contributed by atoms with Gasteiger partial charge in [0.25, 0.3) is 0 Å². The second-order valence-electron chi connectivity index (χ2n) is 4.79. The molecule has 3 N–H and O–H groups in total. The van der Waals surface area contributed by atoms with E-state index in [9.17, 15) is 9.90 Å². The molecule has 1 rings (SSSR count). The highest BCUT2D eigenvalue weighted by atomic mass is 16.3. The van der Waals surface area contributed by atoms with Gasteiger partial charge in [0.05, 0.1) is 6.61 Å². The van der Waals surface area contributed by atoms with Crippen LogP contribution in [0.25, 0.3) is 0 Å². The molecule has 0 heterocycles. The predicted octanol–water partition coefficient (Wildman–Crippen LogP) is 1.62. The van der Waals surface area contributed by atoms with Gasteiger partial charge in [0.15, 0.2) is 11.5 Å². The van der Waals surface area contributed by atoms with E-state index < -0.39 is 5.41 Å². The molecule has 0 spiro atoms. The number of hydrogen-bond acceptors (Lipinski definition) is 4. The molecule has 0 aliphatic carbocycles. The maximum atomic E-state index is 11.7. The van der Waals surface area contributed by atoms with Crippen LogP contribution in [0.1, 0.15) is 25.8 Å². The van der Waals surface area contributed by atoms with Crippen molar-refractivity contribution in [3.8, 4) is 11.5 Å². The summed E-state index contributed by atoms with van der Waals surface area (Å²) in [5.74, 6) is -0.375. The number of benzene rings is 1. The molecule has 0 atom stereocenters. The molecule has 0 amide bonds. The van der Waals surface area contributed by atoms with Crippen LogP contribution in [0.2, 0.25) is 0 Å². The van der Waals surface area contributed by atoms with Crippen molar-refractivity contribution in [2.75, 3.05) is 6.61 Å². The number of carbonyl (C=O) groups excluding carboxylic acids is 1. The number of ketones is 1. The monoisotopic (exact) mass is 238 g/mol. The van der Waals surface area contributed by atoms with Crippen LogP contribution in [-0.2, 0) is 11.2 Å². The van der Waals surface area contributed by atoms with Crippen LogP contribution in [0.5, 0.6) is 11.5 Å². The first-order chi connectivity index (χ1) is 7.86. The molecule has 1 aromatic rings. The number of aliphatic hydroxyl groups is 1. The van der Waals surface area contributed by atoms with E-state index in [-0.39, 0.29) is 23.9 Å². The van der Waals surface area contributed by atoms with E-state index in [1.807, 2.05) is 0 Å². The Labute approximate surface area is 101 Å². The van der Waals surface area contributed by atoms with Crippen molar-refractivity contribution in [2.45, 2.75) is 26.7 Å². The van der Waals surface area contributed by atoms with Gasteiger partial charge in [-0.15, -0.1) is 0 Å². The Morgan fingerprint density at radius 3 is 2.41 bits per heavy atom. The average molecular weight is 238 g/mol. The van der Waals surface area contributed by atoms with Crippen molar-refractivity contribution in [3.63, 3.8) is 0 Å². The van der Waals surface area contributed by atoms with Crippen LogP contribution >= 0.6 is 0 Å². The fourth-order valence-corrected chi connectivity index (χ4v) is 1.41. The van der Waals surface area contributed by atoms with Gasteiger partial charge in [0.2, 0.25) is 0 Å². The Bertz CT molecular complexity index is 410. The number of phenols is 2. The van der Waals surface area contributed by atoms with Crippen LogP contribution in [0.4, 0.5) is 0 Å². The fraction of sp³-hybridized carbons (Fsp3) is 0.462. The quantitative estimate of drug-likeness (QED) is 0.681. The Morgan fingerprint density at radius 1 is 1.24 bits per heavy atom. The predicted molar refractivity (Wildman–Crippen MR) is 64.0 cm³/mol. The van der Waals surface area contributed by atoms with Gasteiger partial charge in [0, 0.05) is 11.8 Å². The first-order valence-electron chi connectivity index (χ1n) is 5.52. The zero-order valence-electron chi connectivity index (χ0n) is 10.1. The lowest BCUT2D eigenvalue weighted by Crippen LogP contribution is -2.28. The van der Waals surface area contributed by atoms with E-state index in [0.29, 0.717) is 12.8 Å². The molecule has 0 bridgehead atoms. The lowest BCUT2D eigenvalue weighted by atomic mass is 9.86. The molecular formula is C13H18O4. The SMILES string of the molecule is CC(C)(CO)C(=O)CCc1ccc(O)c(O)c1. The highest BCUT2D eigenvalue weighted by Crippen LogP contribution is 2.26. The summed E-state index contributed by atoms with van der Waals surface area (Å²) >= 11 is 0. The molecule has 0 fully saturated rings. The third-order valence-corrected chi connectivity index (χ3v) is 2.83. The third-order valence-electron chi connectivity index (χ3n) is 2.83. The van der Waals surface area contributed by atoms with Gasteiger partial charge in [-0.05, 0) is 24.1 Å². The van der Waals surface area contributed by atoms with Crippen molar-refractivity contribution in [2.24, 2.45) is 5.41 Å². The molecule has 0 aliphatic heterocycles. The molecule has 0 saturated carbocycles. The van der Waals surface area contributed by atoms with Gasteiger partial charge in [-0.25, -0.2) is 0 Å². The third kappa shape index (κ3) is 3.46. The Balaban J connectivity index is 2.62. The minimum absolute atomic E-state index is 0.0208. The molecule has 94 valence electrons. The summed E-state index contributed by atoms with van der Waals surface area (Å²) in [6.45, 7) is 3.22. The van der Waals surface area contributed by atoms with E-state index in [4.69, 9.17) is 10.2 Å². The van der Waals surface area contributed by atoms with Gasteiger partial charge in [-0.2, -0.15) is 0 Å². The number of aromatic hydroxyl groups is 2. The fourth-order valence-electron chi connectivity index (χ4n) is 1.41. The number of aliphatic hydroxyl groups excluding tert-OH is 1. The van der Waals surface area contributed by atoms with Crippen molar-refractivity contribution in [3.05, 3.63) is 23.8 Å². The van der Waals surface area contributed by atoms with Crippen molar-refractivity contribution in [1.82, 2.24) is 0 Å². The van der Waals surface area contributed by atoms with Crippen molar-refractivity contribution >= 4 is 5.78 Å².